The topological polar surface area (TPSA) is 74.8 Å². The van der Waals surface area contributed by atoms with Gasteiger partial charge in [0.15, 0.2) is 5.13 Å². The van der Waals surface area contributed by atoms with Crippen LogP contribution in [-0.4, -0.2) is 66.1 Å². The molecule has 2 saturated heterocycles. The molecular weight excluding hydrogens is 328 g/mol. The Morgan fingerprint density at radius 1 is 1.21 bits per heavy atom. The SMILES string of the molecule is Cc1csc(NC(=O)N2CCCN(C(=O)C3CCOCC3)CC2)n1. The number of anilines is 1. The first-order chi connectivity index (χ1) is 11.6. The predicted molar refractivity (Wildman–Crippen MR) is 92.2 cm³/mol. The van der Waals surface area contributed by atoms with Crippen LogP contribution in [0.15, 0.2) is 5.38 Å². The average Bonchev–Trinajstić information content (AvgIpc) is 2.86. The van der Waals surface area contributed by atoms with Crippen molar-refractivity contribution < 1.29 is 14.3 Å². The van der Waals surface area contributed by atoms with Crippen LogP contribution in [0, 0.1) is 12.8 Å². The van der Waals surface area contributed by atoms with Gasteiger partial charge in [-0.2, -0.15) is 0 Å². The van der Waals surface area contributed by atoms with Crippen molar-refractivity contribution in [3.63, 3.8) is 0 Å². The molecule has 0 aromatic carbocycles. The normalized spacial score (nSPS) is 19.9. The number of carbonyl (C=O) groups excluding carboxylic acids is 2. The fourth-order valence-corrected chi connectivity index (χ4v) is 3.80. The van der Waals surface area contributed by atoms with Crippen LogP contribution in [0.5, 0.6) is 0 Å². The maximum atomic E-state index is 12.6. The molecular formula is C16H24N4O3S. The van der Waals surface area contributed by atoms with Crippen LogP contribution < -0.4 is 5.32 Å². The van der Waals surface area contributed by atoms with Gasteiger partial charge in [-0.3, -0.25) is 10.1 Å². The lowest BCUT2D eigenvalue weighted by molar-refractivity contribution is -0.138. The molecule has 0 spiro atoms. The molecule has 0 aliphatic carbocycles. The van der Waals surface area contributed by atoms with E-state index in [1.807, 2.05) is 17.2 Å². The van der Waals surface area contributed by atoms with Crippen LogP contribution in [-0.2, 0) is 9.53 Å². The van der Waals surface area contributed by atoms with Crippen LogP contribution in [0.2, 0.25) is 0 Å². The summed E-state index contributed by atoms with van der Waals surface area (Å²) in [5.74, 6) is 0.300. The molecule has 1 aromatic heterocycles. The van der Waals surface area contributed by atoms with E-state index in [1.54, 1.807) is 4.90 Å². The highest BCUT2D eigenvalue weighted by Gasteiger charge is 2.28. The Bertz CT molecular complexity index is 586. The van der Waals surface area contributed by atoms with Crippen molar-refractivity contribution in [2.45, 2.75) is 26.2 Å². The molecule has 3 rings (SSSR count). The second kappa shape index (κ2) is 7.94. The lowest BCUT2D eigenvalue weighted by atomic mass is 9.98. The van der Waals surface area contributed by atoms with Gasteiger partial charge in [-0.1, -0.05) is 0 Å². The summed E-state index contributed by atoms with van der Waals surface area (Å²) in [7, 11) is 0. The van der Waals surface area contributed by atoms with Crippen LogP contribution >= 0.6 is 11.3 Å². The Hall–Kier alpha value is -1.67. The van der Waals surface area contributed by atoms with Gasteiger partial charge in [0, 0.05) is 50.7 Å². The molecule has 24 heavy (non-hydrogen) atoms. The van der Waals surface area contributed by atoms with Crippen molar-refractivity contribution in [3.05, 3.63) is 11.1 Å². The molecule has 2 aliphatic rings. The first kappa shape index (κ1) is 17.2. The van der Waals surface area contributed by atoms with E-state index in [4.69, 9.17) is 4.74 Å². The number of aryl methyl sites for hydroxylation is 1. The Morgan fingerprint density at radius 3 is 2.62 bits per heavy atom. The lowest BCUT2D eigenvalue weighted by Gasteiger charge is -2.28. The molecule has 1 aromatic rings. The summed E-state index contributed by atoms with van der Waals surface area (Å²) in [5, 5.41) is 5.37. The number of amides is 3. The highest BCUT2D eigenvalue weighted by Crippen LogP contribution is 2.19. The van der Waals surface area contributed by atoms with Gasteiger partial charge in [-0.05, 0) is 26.2 Å². The maximum absolute atomic E-state index is 12.6. The number of nitrogens with zero attached hydrogens (tertiary/aromatic N) is 3. The number of hydrogen-bond donors (Lipinski definition) is 1. The first-order valence-corrected chi connectivity index (χ1v) is 9.36. The molecule has 0 atom stereocenters. The predicted octanol–water partition coefficient (Wildman–Crippen LogP) is 1.94. The lowest BCUT2D eigenvalue weighted by Crippen LogP contribution is -2.42. The van der Waals surface area contributed by atoms with Gasteiger partial charge in [-0.25, -0.2) is 9.78 Å². The molecule has 0 radical (unpaired) electrons. The van der Waals surface area contributed by atoms with E-state index in [9.17, 15) is 9.59 Å². The molecule has 0 saturated carbocycles. The minimum absolute atomic E-state index is 0.0809. The zero-order valence-electron chi connectivity index (χ0n) is 14.0. The number of hydrogen-bond acceptors (Lipinski definition) is 5. The molecule has 3 amide bonds. The second-order valence-corrected chi connectivity index (χ2v) is 7.13. The fourth-order valence-electron chi connectivity index (χ4n) is 3.13. The van der Waals surface area contributed by atoms with E-state index in [2.05, 4.69) is 10.3 Å². The molecule has 7 nitrogen and oxygen atoms in total. The quantitative estimate of drug-likeness (QED) is 0.883. The number of thiazole rings is 1. The molecule has 8 heteroatoms. The zero-order valence-corrected chi connectivity index (χ0v) is 14.8. The Labute approximate surface area is 146 Å². The minimum Gasteiger partial charge on any atom is -0.381 e. The Kier molecular flexibility index (Phi) is 5.68. The molecule has 2 aliphatic heterocycles. The van der Waals surface area contributed by atoms with Gasteiger partial charge >= 0.3 is 6.03 Å². The summed E-state index contributed by atoms with van der Waals surface area (Å²) in [6.07, 6.45) is 2.42. The third-order valence-electron chi connectivity index (χ3n) is 4.50. The Balaban J connectivity index is 1.52. The summed E-state index contributed by atoms with van der Waals surface area (Å²) in [4.78, 5) is 32.9. The van der Waals surface area contributed by atoms with Crippen molar-refractivity contribution in [1.29, 1.82) is 0 Å². The first-order valence-electron chi connectivity index (χ1n) is 8.48. The third kappa shape index (κ3) is 4.24. The summed E-state index contributed by atoms with van der Waals surface area (Å²) in [6.45, 7) is 5.78. The van der Waals surface area contributed by atoms with Crippen LogP contribution in [0.1, 0.15) is 25.0 Å². The van der Waals surface area contributed by atoms with Gasteiger partial charge < -0.3 is 14.5 Å². The number of rotatable bonds is 2. The van der Waals surface area contributed by atoms with Crippen molar-refractivity contribution in [2.24, 2.45) is 5.92 Å². The van der Waals surface area contributed by atoms with Gasteiger partial charge in [0.2, 0.25) is 5.91 Å². The smallest absolute Gasteiger partial charge is 0.323 e. The summed E-state index contributed by atoms with van der Waals surface area (Å²) >= 11 is 1.43. The number of carbonyl (C=O) groups is 2. The van der Waals surface area contributed by atoms with E-state index in [-0.39, 0.29) is 17.9 Å². The van der Waals surface area contributed by atoms with E-state index in [0.717, 1.165) is 31.5 Å². The van der Waals surface area contributed by atoms with Gasteiger partial charge in [0.05, 0.1) is 5.69 Å². The molecule has 3 heterocycles. The van der Waals surface area contributed by atoms with Crippen molar-refractivity contribution >= 4 is 28.4 Å². The summed E-state index contributed by atoms with van der Waals surface area (Å²) < 4.78 is 5.33. The van der Waals surface area contributed by atoms with Crippen molar-refractivity contribution in [3.8, 4) is 0 Å². The molecule has 0 bridgehead atoms. The van der Waals surface area contributed by atoms with Crippen LogP contribution in [0.4, 0.5) is 9.93 Å². The van der Waals surface area contributed by atoms with Crippen LogP contribution in [0.25, 0.3) is 0 Å². The van der Waals surface area contributed by atoms with Gasteiger partial charge in [-0.15, -0.1) is 11.3 Å². The highest BCUT2D eigenvalue weighted by atomic mass is 32.1. The van der Waals surface area contributed by atoms with E-state index in [0.29, 0.717) is 38.0 Å². The number of ether oxygens (including phenoxy) is 1. The van der Waals surface area contributed by atoms with Crippen molar-refractivity contribution in [1.82, 2.24) is 14.8 Å². The zero-order chi connectivity index (χ0) is 16.9. The minimum atomic E-state index is -0.135. The average molecular weight is 352 g/mol. The number of aromatic nitrogens is 1. The summed E-state index contributed by atoms with van der Waals surface area (Å²) in [6, 6.07) is -0.135. The molecule has 1 N–H and O–H groups in total. The maximum Gasteiger partial charge on any atom is 0.323 e. The largest absolute Gasteiger partial charge is 0.381 e. The summed E-state index contributed by atoms with van der Waals surface area (Å²) in [5.41, 5.74) is 0.902. The second-order valence-electron chi connectivity index (χ2n) is 6.28. The Morgan fingerprint density at radius 2 is 1.92 bits per heavy atom. The molecule has 0 unspecified atom stereocenters. The van der Waals surface area contributed by atoms with Gasteiger partial charge in [0.1, 0.15) is 0 Å². The van der Waals surface area contributed by atoms with Crippen molar-refractivity contribution in [2.75, 3.05) is 44.7 Å². The number of nitrogens with one attached hydrogen (secondary N) is 1. The monoisotopic (exact) mass is 352 g/mol. The number of urea groups is 1. The van der Waals surface area contributed by atoms with E-state index >= 15 is 0 Å². The van der Waals surface area contributed by atoms with E-state index in [1.165, 1.54) is 11.3 Å². The highest BCUT2D eigenvalue weighted by molar-refractivity contribution is 7.13. The molecule has 2 fully saturated rings. The van der Waals surface area contributed by atoms with Crippen LogP contribution in [0.3, 0.4) is 0 Å². The van der Waals surface area contributed by atoms with Gasteiger partial charge in [0.25, 0.3) is 0 Å². The van der Waals surface area contributed by atoms with E-state index < -0.39 is 0 Å². The fraction of sp³-hybridized carbons (Fsp3) is 0.688. The third-order valence-corrected chi connectivity index (χ3v) is 5.37. The standard InChI is InChI=1S/C16H24N4O3S/c1-12-11-24-15(17-12)18-16(22)20-6-2-5-19(7-8-20)14(21)13-3-9-23-10-4-13/h11,13H,2-10H2,1H3,(H,17,18,22). The molecule has 132 valence electrons.